The van der Waals surface area contributed by atoms with Crippen molar-refractivity contribution in [3.63, 3.8) is 0 Å². The van der Waals surface area contributed by atoms with Gasteiger partial charge in [0.25, 0.3) is 0 Å². The fraction of sp³-hybridized carbons (Fsp3) is 0.409. The first-order chi connectivity index (χ1) is 14.1. The molecule has 0 spiro atoms. The summed E-state index contributed by atoms with van der Waals surface area (Å²) in [6.07, 6.45) is 4.32. The number of nitrogens with zero attached hydrogens (tertiary/aromatic N) is 4. The predicted octanol–water partition coefficient (Wildman–Crippen LogP) is 2.65. The predicted molar refractivity (Wildman–Crippen MR) is 119 cm³/mol. The Hall–Kier alpha value is -2.93. The van der Waals surface area contributed by atoms with Gasteiger partial charge in [-0.3, -0.25) is 9.98 Å². The van der Waals surface area contributed by atoms with Crippen LogP contribution in [0.4, 0.5) is 5.82 Å². The van der Waals surface area contributed by atoms with Crippen molar-refractivity contribution in [3.05, 3.63) is 47.9 Å². The van der Waals surface area contributed by atoms with Crippen molar-refractivity contribution in [1.29, 1.82) is 0 Å². The molecule has 2 aromatic rings. The molecule has 0 aromatic carbocycles. The van der Waals surface area contributed by atoms with E-state index in [1.54, 1.807) is 13.2 Å². The molecule has 0 amide bonds. The largest absolute Gasteiger partial charge is 0.491 e. The normalized spacial score (nSPS) is 15.8. The minimum Gasteiger partial charge on any atom is -0.491 e. The van der Waals surface area contributed by atoms with Crippen molar-refractivity contribution in [2.75, 3.05) is 44.7 Å². The highest BCUT2D eigenvalue weighted by molar-refractivity contribution is 5.98. The molecule has 0 bridgehead atoms. The minimum absolute atomic E-state index is 0.505. The average molecular weight is 395 g/mol. The molecule has 0 aliphatic carbocycles. The molecule has 1 aliphatic heterocycles. The summed E-state index contributed by atoms with van der Waals surface area (Å²) < 4.78 is 6.10. The molecule has 3 rings (SSSR count). The third-order valence-electron chi connectivity index (χ3n) is 5.09. The number of hydrogen-bond acceptors (Lipinski definition) is 7. The quantitative estimate of drug-likeness (QED) is 0.702. The smallest absolute Gasteiger partial charge is 0.145 e. The van der Waals surface area contributed by atoms with Crippen molar-refractivity contribution in [1.82, 2.24) is 15.3 Å². The summed E-state index contributed by atoms with van der Waals surface area (Å²) >= 11 is 0. The van der Waals surface area contributed by atoms with Crippen molar-refractivity contribution in [2.24, 2.45) is 10.7 Å². The van der Waals surface area contributed by atoms with Gasteiger partial charge in [0.15, 0.2) is 0 Å². The van der Waals surface area contributed by atoms with Gasteiger partial charge in [-0.25, -0.2) is 4.98 Å². The van der Waals surface area contributed by atoms with Gasteiger partial charge >= 0.3 is 0 Å². The monoisotopic (exact) mass is 394 g/mol. The second-order valence-corrected chi connectivity index (χ2v) is 7.06. The van der Waals surface area contributed by atoms with Crippen molar-refractivity contribution >= 4 is 11.5 Å². The molecule has 0 saturated carbocycles. The zero-order valence-electron chi connectivity index (χ0n) is 17.5. The van der Waals surface area contributed by atoms with Crippen LogP contribution in [0.1, 0.15) is 20.3 Å². The summed E-state index contributed by atoms with van der Waals surface area (Å²) in [6.45, 7) is 8.22. The van der Waals surface area contributed by atoms with Crippen LogP contribution in [0, 0.1) is 0 Å². The van der Waals surface area contributed by atoms with Gasteiger partial charge in [0.2, 0.25) is 0 Å². The number of aliphatic imine (C=N–C) groups is 1. The van der Waals surface area contributed by atoms with E-state index in [1.165, 1.54) is 0 Å². The van der Waals surface area contributed by atoms with Gasteiger partial charge in [0, 0.05) is 69.0 Å². The Morgan fingerprint density at radius 3 is 2.72 bits per heavy atom. The lowest BCUT2D eigenvalue weighted by Gasteiger charge is -2.28. The standard InChI is InChI=1S/C22H30N6O/c1-16(23)19(17(2)24-3)7-14-29-20-5-4-8-27-22(20)18-6-9-26-21(15-18)28-12-10-25-11-13-28/h4-6,8-9,15,25H,7,10-14,23H2,1-3H3/b19-16-,24-17?. The summed E-state index contributed by atoms with van der Waals surface area (Å²) in [5.74, 6) is 1.73. The van der Waals surface area contributed by atoms with Gasteiger partial charge < -0.3 is 20.7 Å². The van der Waals surface area contributed by atoms with Gasteiger partial charge in [-0.2, -0.15) is 0 Å². The molecule has 29 heavy (non-hydrogen) atoms. The van der Waals surface area contributed by atoms with Gasteiger partial charge in [0.1, 0.15) is 17.3 Å². The molecule has 2 aromatic heterocycles. The Morgan fingerprint density at radius 2 is 2.00 bits per heavy atom. The van der Waals surface area contributed by atoms with Crippen LogP contribution in [0.3, 0.4) is 0 Å². The Morgan fingerprint density at radius 1 is 1.21 bits per heavy atom. The molecule has 0 unspecified atom stereocenters. The molecule has 1 aliphatic rings. The summed E-state index contributed by atoms with van der Waals surface area (Å²) in [5.41, 5.74) is 10.6. The van der Waals surface area contributed by atoms with E-state index < -0.39 is 0 Å². The van der Waals surface area contributed by atoms with Gasteiger partial charge in [-0.05, 0) is 43.7 Å². The number of allylic oxidation sites excluding steroid dienone is 1. The number of nitrogens with one attached hydrogen (secondary N) is 1. The van der Waals surface area contributed by atoms with E-state index in [0.717, 1.165) is 66.0 Å². The third kappa shape index (κ3) is 5.32. The topological polar surface area (TPSA) is 88.7 Å². The van der Waals surface area contributed by atoms with E-state index in [-0.39, 0.29) is 0 Å². The number of rotatable bonds is 7. The van der Waals surface area contributed by atoms with E-state index in [2.05, 4.69) is 31.2 Å². The summed E-state index contributed by atoms with van der Waals surface area (Å²) in [4.78, 5) is 15.7. The van der Waals surface area contributed by atoms with Crippen LogP contribution in [0.5, 0.6) is 5.75 Å². The highest BCUT2D eigenvalue weighted by Gasteiger charge is 2.15. The highest BCUT2D eigenvalue weighted by atomic mass is 16.5. The molecule has 7 heteroatoms. The van der Waals surface area contributed by atoms with E-state index >= 15 is 0 Å². The molecular formula is C22H30N6O. The summed E-state index contributed by atoms with van der Waals surface area (Å²) in [5, 5.41) is 3.37. The maximum atomic E-state index is 6.10. The second-order valence-electron chi connectivity index (χ2n) is 7.06. The first-order valence-corrected chi connectivity index (χ1v) is 9.99. The molecule has 154 valence electrons. The molecule has 3 N–H and O–H groups in total. The number of pyridine rings is 2. The minimum atomic E-state index is 0.505. The lowest BCUT2D eigenvalue weighted by Crippen LogP contribution is -2.43. The number of ether oxygens (including phenoxy) is 1. The van der Waals surface area contributed by atoms with Crippen LogP contribution in [-0.4, -0.2) is 55.5 Å². The van der Waals surface area contributed by atoms with Crippen LogP contribution in [0.2, 0.25) is 0 Å². The first-order valence-electron chi connectivity index (χ1n) is 9.99. The van der Waals surface area contributed by atoms with Gasteiger partial charge in [-0.1, -0.05) is 0 Å². The SMILES string of the molecule is CN=C(C)/C(CCOc1cccnc1-c1ccnc(N2CCNCC2)c1)=C(/C)N. The molecule has 7 nitrogen and oxygen atoms in total. The Labute approximate surface area is 172 Å². The Balaban J connectivity index is 1.76. The molecule has 0 radical (unpaired) electrons. The molecule has 1 fully saturated rings. The number of anilines is 1. The zero-order valence-corrected chi connectivity index (χ0v) is 17.5. The van der Waals surface area contributed by atoms with E-state index in [4.69, 9.17) is 10.5 Å². The van der Waals surface area contributed by atoms with Crippen LogP contribution in [-0.2, 0) is 0 Å². The number of hydrogen-bond donors (Lipinski definition) is 2. The highest BCUT2D eigenvalue weighted by Crippen LogP contribution is 2.29. The molecule has 3 heterocycles. The van der Waals surface area contributed by atoms with Gasteiger partial charge in [0.05, 0.1) is 6.61 Å². The maximum absolute atomic E-state index is 6.10. The molecular weight excluding hydrogens is 364 g/mol. The Bertz CT molecular complexity index is 882. The van der Waals surface area contributed by atoms with Crippen LogP contribution < -0.4 is 20.7 Å². The van der Waals surface area contributed by atoms with Crippen LogP contribution in [0.15, 0.2) is 52.9 Å². The Kier molecular flexibility index (Phi) is 7.19. The fourth-order valence-corrected chi connectivity index (χ4v) is 3.42. The van der Waals surface area contributed by atoms with Gasteiger partial charge in [-0.15, -0.1) is 0 Å². The second kappa shape index (κ2) is 10.0. The zero-order chi connectivity index (χ0) is 20.6. The lowest BCUT2D eigenvalue weighted by atomic mass is 10.1. The van der Waals surface area contributed by atoms with Crippen LogP contribution in [0.25, 0.3) is 11.3 Å². The lowest BCUT2D eigenvalue weighted by molar-refractivity contribution is 0.323. The summed E-state index contributed by atoms with van der Waals surface area (Å²) in [6, 6.07) is 7.90. The summed E-state index contributed by atoms with van der Waals surface area (Å²) in [7, 11) is 1.78. The van der Waals surface area contributed by atoms with Crippen molar-refractivity contribution in [3.8, 4) is 17.0 Å². The van der Waals surface area contributed by atoms with Crippen LogP contribution >= 0.6 is 0 Å². The molecule has 1 saturated heterocycles. The average Bonchev–Trinajstić information content (AvgIpc) is 2.77. The fourth-order valence-electron chi connectivity index (χ4n) is 3.42. The maximum Gasteiger partial charge on any atom is 0.145 e. The molecule has 0 atom stereocenters. The third-order valence-corrected chi connectivity index (χ3v) is 5.09. The van der Waals surface area contributed by atoms with E-state index in [1.807, 2.05) is 38.2 Å². The van der Waals surface area contributed by atoms with E-state index in [0.29, 0.717) is 13.0 Å². The number of nitrogens with two attached hydrogens (primary N) is 1. The van der Waals surface area contributed by atoms with Crippen molar-refractivity contribution in [2.45, 2.75) is 20.3 Å². The number of aromatic nitrogens is 2. The number of piperazine rings is 1. The first kappa shape index (κ1) is 20.8. The van der Waals surface area contributed by atoms with E-state index in [9.17, 15) is 0 Å². The van der Waals surface area contributed by atoms with Crippen molar-refractivity contribution < 1.29 is 4.74 Å².